The highest BCUT2D eigenvalue weighted by Gasteiger charge is 2.14. The number of carbonyl (C=O) groups is 3. The van der Waals surface area contributed by atoms with Crippen LogP contribution in [0.4, 0.5) is 0 Å². The average molecular weight is 246 g/mol. The van der Waals surface area contributed by atoms with E-state index in [9.17, 15) is 14.4 Å². The smallest absolute Gasteiger partial charge is 0.321 e. The number of hydrogen-bond donors (Lipinski definition) is 4. The molecule has 0 saturated heterocycles. The predicted octanol–water partition coefficient (Wildman–Crippen LogP) is -0.299. The zero-order valence-corrected chi connectivity index (χ0v) is 9.84. The number of rotatable bonds is 5. The Labute approximate surface area is 99.1 Å². The summed E-state index contributed by atoms with van der Waals surface area (Å²) >= 11 is 0. The maximum Gasteiger partial charge on any atom is 0.321 e. The van der Waals surface area contributed by atoms with E-state index in [1.54, 1.807) is 6.92 Å². The van der Waals surface area contributed by atoms with Gasteiger partial charge in [0.2, 0.25) is 5.91 Å². The van der Waals surface area contributed by atoms with Crippen molar-refractivity contribution in [3.05, 3.63) is 11.6 Å². The molecule has 1 amide bonds. The molecule has 0 aromatic heterocycles. The Morgan fingerprint density at radius 3 is 1.88 bits per heavy atom. The number of aliphatic carboxylic acids is 2. The van der Waals surface area contributed by atoms with Crippen LogP contribution < -0.4 is 11.5 Å². The maximum absolute atomic E-state index is 10.2. The molecule has 0 heterocycles. The van der Waals surface area contributed by atoms with Gasteiger partial charge in [0, 0.05) is 5.57 Å². The largest absolute Gasteiger partial charge is 0.481 e. The van der Waals surface area contributed by atoms with Crippen LogP contribution in [-0.4, -0.2) is 34.1 Å². The molecule has 0 radical (unpaired) electrons. The number of allylic oxidation sites excluding steroid dienone is 1. The SMILES string of the molecule is CCC=C(C)C(N)=O.N[C@@H](CC(=O)O)C(=O)O. The fourth-order valence-electron chi connectivity index (χ4n) is 0.682. The molecular weight excluding hydrogens is 228 g/mol. The number of carbonyl (C=O) groups excluding carboxylic acids is 1. The molecule has 0 aliphatic carbocycles. The fraction of sp³-hybridized carbons (Fsp3) is 0.500. The van der Waals surface area contributed by atoms with Gasteiger partial charge in [-0.2, -0.15) is 0 Å². The molecule has 98 valence electrons. The molecular formula is C10H18N2O5. The van der Waals surface area contributed by atoms with Crippen LogP contribution in [0.3, 0.4) is 0 Å². The third-order valence-corrected chi connectivity index (χ3v) is 1.61. The maximum atomic E-state index is 10.2. The van der Waals surface area contributed by atoms with Gasteiger partial charge in [-0.3, -0.25) is 14.4 Å². The highest BCUT2D eigenvalue weighted by Crippen LogP contribution is 1.91. The minimum Gasteiger partial charge on any atom is -0.481 e. The number of carboxylic acid groups (broad SMARTS) is 2. The van der Waals surface area contributed by atoms with E-state index in [1.807, 2.05) is 13.0 Å². The van der Waals surface area contributed by atoms with E-state index in [0.717, 1.165) is 6.42 Å². The number of carboxylic acids is 2. The van der Waals surface area contributed by atoms with Gasteiger partial charge in [0.25, 0.3) is 0 Å². The summed E-state index contributed by atoms with van der Waals surface area (Å²) < 4.78 is 0. The van der Waals surface area contributed by atoms with Crippen molar-refractivity contribution in [1.82, 2.24) is 0 Å². The number of amides is 1. The first-order chi connectivity index (χ1) is 7.72. The topological polar surface area (TPSA) is 144 Å². The summed E-state index contributed by atoms with van der Waals surface area (Å²) in [6, 6.07) is -1.29. The van der Waals surface area contributed by atoms with Gasteiger partial charge in [0.15, 0.2) is 0 Å². The summed E-state index contributed by atoms with van der Waals surface area (Å²) in [5.41, 5.74) is 10.4. The van der Waals surface area contributed by atoms with Crippen LogP contribution in [-0.2, 0) is 14.4 Å². The Kier molecular flexibility index (Phi) is 9.62. The lowest BCUT2D eigenvalue weighted by molar-refractivity contribution is -0.144. The first kappa shape index (κ1) is 17.5. The van der Waals surface area contributed by atoms with Crippen LogP contribution in [0.1, 0.15) is 26.7 Å². The van der Waals surface area contributed by atoms with Gasteiger partial charge < -0.3 is 21.7 Å². The summed E-state index contributed by atoms with van der Waals surface area (Å²) in [5, 5.41) is 16.0. The van der Waals surface area contributed by atoms with Gasteiger partial charge in [-0.15, -0.1) is 0 Å². The molecule has 0 bridgehead atoms. The molecule has 0 rings (SSSR count). The molecule has 0 aliphatic heterocycles. The van der Waals surface area contributed by atoms with Gasteiger partial charge in [0.1, 0.15) is 6.04 Å². The molecule has 6 N–H and O–H groups in total. The highest BCUT2D eigenvalue weighted by molar-refractivity contribution is 5.91. The van der Waals surface area contributed by atoms with Crippen LogP contribution >= 0.6 is 0 Å². The van der Waals surface area contributed by atoms with Crippen molar-refractivity contribution in [2.45, 2.75) is 32.7 Å². The summed E-state index contributed by atoms with van der Waals surface area (Å²) in [7, 11) is 0. The van der Waals surface area contributed by atoms with E-state index in [4.69, 9.17) is 21.7 Å². The predicted molar refractivity (Wildman–Crippen MR) is 61.1 cm³/mol. The molecule has 0 aromatic rings. The molecule has 0 aliphatic rings. The second-order valence-corrected chi connectivity index (χ2v) is 3.20. The van der Waals surface area contributed by atoms with E-state index >= 15 is 0 Å². The molecule has 17 heavy (non-hydrogen) atoms. The van der Waals surface area contributed by atoms with Gasteiger partial charge in [0.05, 0.1) is 6.42 Å². The van der Waals surface area contributed by atoms with Gasteiger partial charge in [-0.1, -0.05) is 13.0 Å². The Morgan fingerprint density at radius 1 is 1.29 bits per heavy atom. The molecule has 0 unspecified atom stereocenters. The van der Waals surface area contributed by atoms with Gasteiger partial charge in [-0.05, 0) is 13.3 Å². The summed E-state index contributed by atoms with van der Waals surface area (Å²) in [4.78, 5) is 29.9. The lowest BCUT2D eigenvalue weighted by atomic mass is 10.2. The molecule has 0 saturated carbocycles. The van der Waals surface area contributed by atoms with Crippen molar-refractivity contribution in [2.24, 2.45) is 11.5 Å². The second kappa shape index (κ2) is 9.34. The lowest BCUT2D eigenvalue weighted by Crippen LogP contribution is -2.32. The standard InChI is InChI=1S/C6H11NO.C4H7NO4/c1-3-4-5(2)6(7)8;5-2(4(8)9)1-3(6)7/h4H,3H2,1-2H3,(H2,7,8);2H,1,5H2,(H,6,7)(H,8,9)/t;2-/m.0/s1. The summed E-state index contributed by atoms with van der Waals surface area (Å²) in [5.74, 6) is -2.82. The highest BCUT2D eigenvalue weighted by atomic mass is 16.4. The summed E-state index contributed by atoms with van der Waals surface area (Å²) in [6.07, 6.45) is 2.15. The van der Waals surface area contributed by atoms with Crippen LogP contribution in [0, 0.1) is 0 Å². The van der Waals surface area contributed by atoms with Crippen molar-refractivity contribution in [3.63, 3.8) is 0 Å². The Balaban J connectivity index is 0. The van der Waals surface area contributed by atoms with Crippen molar-refractivity contribution >= 4 is 17.8 Å². The number of primary amides is 1. The minimum absolute atomic E-state index is 0.327. The molecule has 7 nitrogen and oxygen atoms in total. The first-order valence-corrected chi connectivity index (χ1v) is 4.89. The van der Waals surface area contributed by atoms with Crippen molar-refractivity contribution in [1.29, 1.82) is 0 Å². The van der Waals surface area contributed by atoms with Crippen LogP contribution in [0.2, 0.25) is 0 Å². The molecule has 1 atom stereocenters. The Morgan fingerprint density at radius 2 is 1.76 bits per heavy atom. The normalized spacial score (nSPS) is 12.1. The van der Waals surface area contributed by atoms with Crippen LogP contribution in [0.15, 0.2) is 11.6 Å². The van der Waals surface area contributed by atoms with Crippen LogP contribution in [0.25, 0.3) is 0 Å². The van der Waals surface area contributed by atoms with Crippen molar-refractivity contribution in [3.8, 4) is 0 Å². The van der Waals surface area contributed by atoms with E-state index in [1.165, 1.54) is 0 Å². The third kappa shape index (κ3) is 12.0. The lowest BCUT2D eigenvalue weighted by Gasteiger charge is -1.99. The molecule has 0 spiro atoms. The van der Waals surface area contributed by atoms with Crippen molar-refractivity contribution < 1.29 is 24.6 Å². The minimum atomic E-state index is -1.29. The Hall–Kier alpha value is -1.89. The third-order valence-electron chi connectivity index (χ3n) is 1.61. The van der Waals surface area contributed by atoms with E-state index < -0.39 is 24.4 Å². The molecule has 7 heteroatoms. The van der Waals surface area contributed by atoms with Gasteiger partial charge in [-0.25, -0.2) is 0 Å². The van der Waals surface area contributed by atoms with E-state index in [2.05, 4.69) is 0 Å². The molecule has 0 aromatic carbocycles. The Bertz CT molecular complexity index is 312. The van der Waals surface area contributed by atoms with Gasteiger partial charge >= 0.3 is 11.9 Å². The zero-order valence-electron chi connectivity index (χ0n) is 9.84. The fourth-order valence-corrected chi connectivity index (χ4v) is 0.682. The van der Waals surface area contributed by atoms with Crippen molar-refractivity contribution in [2.75, 3.05) is 0 Å². The quantitative estimate of drug-likeness (QED) is 0.490. The van der Waals surface area contributed by atoms with Crippen LogP contribution in [0.5, 0.6) is 0 Å². The monoisotopic (exact) mass is 246 g/mol. The average Bonchev–Trinajstić information content (AvgIpc) is 2.17. The van der Waals surface area contributed by atoms with E-state index in [-0.39, 0.29) is 5.91 Å². The second-order valence-electron chi connectivity index (χ2n) is 3.20. The zero-order chi connectivity index (χ0) is 14.0. The van der Waals surface area contributed by atoms with E-state index in [0.29, 0.717) is 5.57 Å². The summed E-state index contributed by atoms with van der Waals surface area (Å²) in [6.45, 7) is 3.68. The number of hydrogen-bond acceptors (Lipinski definition) is 4. The molecule has 0 fully saturated rings. The first-order valence-electron chi connectivity index (χ1n) is 4.89. The number of nitrogens with two attached hydrogens (primary N) is 2.